The molecule has 1 rings (SSSR count). The summed E-state index contributed by atoms with van der Waals surface area (Å²) >= 11 is 0. The third kappa shape index (κ3) is 2.48. The van der Waals surface area contributed by atoms with E-state index in [4.69, 9.17) is 14.7 Å². The largest absolute Gasteiger partial charge is 0.411 e. The normalized spacial score (nSPS) is 29.8. The van der Waals surface area contributed by atoms with Crippen molar-refractivity contribution in [3.05, 3.63) is 0 Å². The Balaban J connectivity index is 2.30. The summed E-state index contributed by atoms with van der Waals surface area (Å²) in [6.45, 7) is 4.30. The standard InChI is InChI=1S/C7H13NO3/c1-7(2)10-5-6(11-7)3-4-8-9/h4,6,9H,3,5H2,1-2H3/b8-4+/t6-/m0/s1. The van der Waals surface area contributed by atoms with Gasteiger partial charge >= 0.3 is 0 Å². The summed E-state index contributed by atoms with van der Waals surface area (Å²) in [5, 5.41) is 11.0. The average Bonchev–Trinajstić information content (AvgIpc) is 2.26. The lowest BCUT2D eigenvalue weighted by Crippen LogP contribution is -2.21. The van der Waals surface area contributed by atoms with Crippen LogP contribution in [0.15, 0.2) is 5.16 Å². The molecule has 1 atom stereocenters. The maximum absolute atomic E-state index is 8.13. The molecule has 1 aliphatic rings. The first kappa shape index (κ1) is 8.49. The fourth-order valence-corrected chi connectivity index (χ4v) is 1.04. The molecular weight excluding hydrogens is 146 g/mol. The summed E-state index contributed by atoms with van der Waals surface area (Å²) < 4.78 is 10.7. The van der Waals surface area contributed by atoms with Crippen molar-refractivity contribution in [3.8, 4) is 0 Å². The van der Waals surface area contributed by atoms with E-state index < -0.39 is 5.79 Å². The first-order valence-corrected chi connectivity index (χ1v) is 3.62. The van der Waals surface area contributed by atoms with Gasteiger partial charge in [0.15, 0.2) is 5.79 Å². The van der Waals surface area contributed by atoms with Gasteiger partial charge in [-0.05, 0) is 13.8 Å². The predicted molar refractivity (Wildman–Crippen MR) is 39.8 cm³/mol. The first-order valence-electron chi connectivity index (χ1n) is 3.62. The predicted octanol–water partition coefficient (Wildman–Crippen LogP) is 0.988. The summed E-state index contributed by atoms with van der Waals surface area (Å²) in [6.07, 6.45) is 2.04. The molecule has 0 aromatic heterocycles. The maximum Gasteiger partial charge on any atom is 0.163 e. The van der Waals surface area contributed by atoms with E-state index in [1.54, 1.807) is 0 Å². The lowest BCUT2D eigenvalue weighted by Gasteiger charge is -2.16. The van der Waals surface area contributed by atoms with Gasteiger partial charge in [-0.2, -0.15) is 0 Å². The zero-order valence-electron chi connectivity index (χ0n) is 6.78. The van der Waals surface area contributed by atoms with Crippen LogP contribution < -0.4 is 0 Å². The van der Waals surface area contributed by atoms with E-state index in [0.717, 1.165) is 0 Å². The number of rotatable bonds is 2. The molecule has 0 saturated carbocycles. The second kappa shape index (κ2) is 3.19. The molecule has 11 heavy (non-hydrogen) atoms. The number of hydrogen-bond donors (Lipinski definition) is 1. The highest BCUT2D eigenvalue weighted by atomic mass is 16.7. The van der Waals surface area contributed by atoms with Gasteiger partial charge in [0.2, 0.25) is 0 Å². The third-order valence-electron chi connectivity index (χ3n) is 1.52. The molecule has 1 fully saturated rings. The van der Waals surface area contributed by atoms with E-state index in [0.29, 0.717) is 13.0 Å². The van der Waals surface area contributed by atoms with E-state index in [-0.39, 0.29) is 6.10 Å². The molecule has 1 aliphatic heterocycles. The van der Waals surface area contributed by atoms with Crippen molar-refractivity contribution in [1.29, 1.82) is 0 Å². The minimum absolute atomic E-state index is 0.0286. The molecule has 4 heteroatoms. The first-order chi connectivity index (χ1) is 5.14. The Hall–Kier alpha value is -0.610. The van der Waals surface area contributed by atoms with Gasteiger partial charge in [-0.25, -0.2) is 0 Å². The Morgan fingerprint density at radius 3 is 2.91 bits per heavy atom. The Morgan fingerprint density at radius 2 is 2.45 bits per heavy atom. The number of hydrogen-bond acceptors (Lipinski definition) is 4. The van der Waals surface area contributed by atoms with Gasteiger partial charge in [0.1, 0.15) is 0 Å². The van der Waals surface area contributed by atoms with Crippen LogP contribution in [0.4, 0.5) is 0 Å². The Morgan fingerprint density at radius 1 is 1.73 bits per heavy atom. The van der Waals surface area contributed by atoms with Crippen molar-refractivity contribution in [2.45, 2.75) is 32.2 Å². The summed E-state index contributed by atoms with van der Waals surface area (Å²) in [5.74, 6) is -0.478. The van der Waals surface area contributed by atoms with Gasteiger partial charge in [-0.3, -0.25) is 0 Å². The van der Waals surface area contributed by atoms with E-state index in [2.05, 4.69) is 5.16 Å². The Kier molecular flexibility index (Phi) is 2.46. The molecule has 0 amide bonds. The van der Waals surface area contributed by atoms with E-state index in [1.165, 1.54) is 6.21 Å². The van der Waals surface area contributed by atoms with Gasteiger partial charge in [0.05, 0.1) is 12.7 Å². The van der Waals surface area contributed by atoms with Crippen molar-refractivity contribution in [2.24, 2.45) is 5.16 Å². The van der Waals surface area contributed by atoms with Crippen LogP contribution >= 0.6 is 0 Å². The van der Waals surface area contributed by atoms with Crippen LogP contribution in [0, 0.1) is 0 Å². The zero-order chi connectivity index (χ0) is 8.32. The molecule has 0 radical (unpaired) electrons. The van der Waals surface area contributed by atoms with Crippen LogP contribution in [0.5, 0.6) is 0 Å². The lowest BCUT2D eigenvalue weighted by molar-refractivity contribution is -0.137. The molecular formula is C7H13NO3. The van der Waals surface area contributed by atoms with Crippen LogP contribution in [0.3, 0.4) is 0 Å². The van der Waals surface area contributed by atoms with Gasteiger partial charge < -0.3 is 14.7 Å². The molecule has 0 spiro atoms. The van der Waals surface area contributed by atoms with Gasteiger partial charge in [-0.1, -0.05) is 0 Å². The second-order valence-corrected chi connectivity index (χ2v) is 2.98. The van der Waals surface area contributed by atoms with Crippen molar-refractivity contribution in [3.63, 3.8) is 0 Å². The molecule has 64 valence electrons. The van der Waals surface area contributed by atoms with E-state index in [9.17, 15) is 0 Å². The molecule has 0 unspecified atom stereocenters. The van der Waals surface area contributed by atoms with Crippen LogP contribution in [0.25, 0.3) is 0 Å². The number of oxime groups is 1. The quantitative estimate of drug-likeness (QED) is 0.371. The zero-order valence-corrected chi connectivity index (χ0v) is 6.78. The highest BCUT2D eigenvalue weighted by Gasteiger charge is 2.31. The molecule has 0 aromatic carbocycles. The van der Waals surface area contributed by atoms with Crippen LogP contribution in [0.1, 0.15) is 20.3 Å². The highest BCUT2D eigenvalue weighted by molar-refractivity contribution is 5.56. The monoisotopic (exact) mass is 159 g/mol. The fourth-order valence-electron chi connectivity index (χ4n) is 1.04. The minimum Gasteiger partial charge on any atom is -0.411 e. The number of ether oxygens (including phenoxy) is 2. The van der Waals surface area contributed by atoms with Crippen molar-refractivity contribution >= 4 is 6.21 Å². The van der Waals surface area contributed by atoms with Crippen molar-refractivity contribution in [1.82, 2.24) is 0 Å². The molecule has 0 bridgehead atoms. The summed E-state index contributed by atoms with van der Waals surface area (Å²) in [5.41, 5.74) is 0. The van der Waals surface area contributed by atoms with Crippen LogP contribution in [-0.2, 0) is 9.47 Å². The second-order valence-electron chi connectivity index (χ2n) is 2.98. The SMILES string of the molecule is CC1(C)OC[C@H](C/C=N/O)O1. The van der Waals surface area contributed by atoms with Gasteiger partial charge in [-0.15, -0.1) is 5.16 Å². The summed E-state index contributed by atoms with van der Waals surface area (Å²) in [6, 6.07) is 0. The topological polar surface area (TPSA) is 51.0 Å². The molecule has 4 nitrogen and oxygen atoms in total. The molecule has 0 aliphatic carbocycles. The maximum atomic E-state index is 8.13. The molecule has 0 aromatic rings. The van der Waals surface area contributed by atoms with Crippen LogP contribution in [0.2, 0.25) is 0 Å². The molecule has 1 saturated heterocycles. The minimum atomic E-state index is -0.478. The Bertz CT molecular complexity index is 156. The highest BCUT2D eigenvalue weighted by Crippen LogP contribution is 2.23. The average molecular weight is 159 g/mol. The summed E-state index contributed by atoms with van der Waals surface area (Å²) in [4.78, 5) is 0. The fraction of sp³-hybridized carbons (Fsp3) is 0.857. The van der Waals surface area contributed by atoms with Gasteiger partial charge in [0.25, 0.3) is 0 Å². The summed E-state index contributed by atoms with van der Waals surface area (Å²) in [7, 11) is 0. The molecule has 1 heterocycles. The Labute approximate surface area is 65.8 Å². The van der Waals surface area contributed by atoms with Crippen molar-refractivity contribution < 1.29 is 14.7 Å². The number of nitrogens with zero attached hydrogens (tertiary/aromatic N) is 1. The van der Waals surface area contributed by atoms with E-state index >= 15 is 0 Å². The molecule has 1 N–H and O–H groups in total. The van der Waals surface area contributed by atoms with Gasteiger partial charge in [0, 0.05) is 12.6 Å². The lowest BCUT2D eigenvalue weighted by atomic mass is 10.3. The van der Waals surface area contributed by atoms with Crippen LogP contribution in [-0.4, -0.2) is 29.9 Å². The third-order valence-corrected chi connectivity index (χ3v) is 1.52. The van der Waals surface area contributed by atoms with Crippen molar-refractivity contribution in [2.75, 3.05) is 6.61 Å². The van der Waals surface area contributed by atoms with E-state index in [1.807, 2.05) is 13.8 Å². The smallest absolute Gasteiger partial charge is 0.163 e.